The number of nitrogens with one attached hydrogen (secondary N) is 1. The van der Waals surface area contributed by atoms with Crippen molar-refractivity contribution in [1.29, 1.82) is 0 Å². The number of amides is 1. The minimum absolute atomic E-state index is 0.235. The third-order valence-corrected chi connectivity index (χ3v) is 3.68. The zero-order chi connectivity index (χ0) is 16.8. The van der Waals surface area contributed by atoms with E-state index in [1.54, 1.807) is 0 Å². The van der Waals surface area contributed by atoms with E-state index in [2.05, 4.69) is 44.8 Å². The molecule has 0 aromatic carbocycles. The first-order chi connectivity index (χ1) is 9.47. The maximum absolute atomic E-state index is 11.9. The van der Waals surface area contributed by atoms with Crippen LogP contribution < -0.4 is 11.1 Å². The van der Waals surface area contributed by atoms with Gasteiger partial charge in [-0.05, 0) is 46.0 Å². The van der Waals surface area contributed by atoms with Crippen molar-refractivity contribution in [3.63, 3.8) is 0 Å². The van der Waals surface area contributed by atoms with Gasteiger partial charge in [0.25, 0.3) is 0 Å². The normalized spacial score (nSPS) is 16.8. The minimum Gasteiger partial charge on any atom is -0.368 e. The van der Waals surface area contributed by atoms with Gasteiger partial charge in [-0.3, -0.25) is 4.79 Å². The van der Waals surface area contributed by atoms with Gasteiger partial charge in [-0.15, -0.1) is 0 Å². The smallest absolute Gasteiger partial charge is 0.237 e. The van der Waals surface area contributed by atoms with Crippen molar-refractivity contribution in [2.45, 2.75) is 79.4 Å². The summed E-state index contributed by atoms with van der Waals surface area (Å²) in [7, 11) is 0. The first kappa shape index (κ1) is 20.4. The van der Waals surface area contributed by atoms with E-state index in [-0.39, 0.29) is 11.9 Å². The molecule has 0 aliphatic carbocycles. The molecule has 1 amide bonds. The number of carbonyl (C=O) groups is 1. The van der Waals surface area contributed by atoms with Crippen molar-refractivity contribution < 1.29 is 4.79 Å². The van der Waals surface area contributed by atoms with Crippen LogP contribution in [0.1, 0.15) is 61.8 Å². The van der Waals surface area contributed by atoms with Gasteiger partial charge in [0.15, 0.2) is 0 Å². The molecule has 126 valence electrons. The van der Waals surface area contributed by atoms with Gasteiger partial charge in [0.05, 0.1) is 5.54 Å². The number of rotatable bonds is 10. The largest absolute Gasteiger partial charge is 0.368 e. The van der Waals surface area contributed by atoms with Crippen LogP contribution in [-0.2, 0) is 4.79 Å². The number of hydrogen-bond acceptors (Lipinski definition) is 3. The highest BCUT2D eigenvalue weighted by Crippen LogP contribution is 2.19. The fourth-order valence-corrected chi connectivity index (χ4v) is 2.96. The summed E-state index contributed by atoms with van der Waals surface area (Å²) in [4.78, 5) is 14.4. The zero-order valence-corrected chi connectivity index (χ0v) is 15.4. The van der Waals surface area contributed by atoms with E-state index in [1.807, 2.05) is 20.8 Å². The molecule has 4 nitrogen and oxygen atoms in total. The Morgan fingerprint density at radius 3 is 1.76 bits per heavy atom. The van der Waals surface area contributed by atoms with E-state index < -0.39 is 5.54 Å². The summed E-state index contributed by atoms with van der Waals surface area (Å²) in [5, 5.41) is 3.35. The fourth-order valence-electron chi connectivity index (χ4n) is 2.96. The zero-order valence-electron chi connectivity index (χ0n) is 15.4. The molecule has 21 heavy (non-hydrogen) atoms. The van der Waals surface area contributed by atoms with E-state index in [1.165, 1.54) is 0 Å². The highest BCUT2D eigenvalue weighted by Gasteiger charge is 2.34. The maximum atomic E-state index is 11.9. The topological polar surface area (TPSA) is 58.4 Å². The van der Waals surface area contributed by atoms with E-state index in [9.17, 15) is 4.79 Å². The fraction of sp³-hybridized carbons (Fsp3) is 0.941. The van der Waals surface area contributed by atoms with Crippen LogP contribution in [0, 0.1) is 11.8 Å². The average Bonchev–Trinajstić information content (AvgIpc) is 2.24. The lowest BCUT2D eigenvalue weighted by molar-refractivity contribution is -0.125. The van der Waals surface area contributed by atoms with Crippen LogP contribution in [-0.4, -0.2) is 41.5 Å². The molecule has 0 saturated carbocycles. The van der Waals surface area contributed by atoms with E-state index in [0.717, 1.165) is 19.5 Å². The van der Waals surface area contributed by atoms with Crippen molar-refractivity contribution in [2.75, 3.05) is 13.1 Å². The lowest BCUT2D eigenvalue weighted by Crippen LogP contribution is -2.58. The first-order valence-corrected chi connectivity index (χ1v) is 8.29. The second-order valence-corrected chi connectivity index (χ2v) is 7.79. The van der Waals surface area contributed by atoms with Gasteiger partial charge in [0.1, 0.15) is 0 Å². The molecule has 0 bridgehead atoms. The molecule has 0 fully saturated rings. The second kappa shape index (κ2) is 8.74. The van der Waals surface area contributed by atoms with Crippen molar-refractivity contribution in [3.8, 4) is 0 Å². The Morgan fingerprint density at radius 2 is 1.48 bits per heavy atom. The monoisotopic (exact) mass is 299 g/mol. The molecular weight excluding hydrogens is 262 g/mol. The Morgan fingerprint density at radius 1 is 1.05 bits per heavy atom. The summed E-state index contributed by atoms with van der Waals surface area (Å²) in [6, 6.07) is 0.553. The summed E-state index contributed by atoms with van der Waals surface area (Å²) < 4.78 is 0. The maximum Gasteiger partial charge on any atom is 0.237 e. The second-order valence-electron chi connectivity index (χ2n) is 7.79. The number of hydrogen-bond donors (Lipinski definition) is 2. The third-order valence-electron chi connectivity index (χ3n) is 3.68. The predicted octanol–water partition coefficient (Wildman–Crippen LogP) is 2.62. The highest BCUT2D eigenvalue weighted by molar-refractivity contribution is 5.84. The molecular formula is C17H37N3O. The summed E-state index contributed by atoms with van der Waals surface area (Å²) in [6.07, 6.45) is 0.736. The molecule has 0 saturated heterocycles. The van der Waals surface area contributed by atoms with Crippen LogP contribution in [0.4, 0.5) is 0 Å². The number of nitrogens with two attached hydrogens (primary N) is 1. The third kappa shape index (κ3) is 7.82. The summed E-state index contributed by atoms with van der Waals surface area (Å²) >= 11 is 0. The van der Waals surface area contributed by atoms with E-state index in [0.29, 0.717) is 17.9 Å². The van der Waals surface area contributed by atoms with Crippen molar-refractivity contribution in [3.05, 3.63) is 0 Å². The van der Waals surface area contributed by atoms with Crippen molar-refractivity contribution in [2.24, 2.45) is 17.6 Å². The number of carbonyl (C=O) groups excluding carboxylic acids is 1. The molecule has 0 rings (SSSR count). The summed E-state index contributed by atoms with van der Waals surface area (Å²) in [5.41, 5.74) is 5.00. The molecule has 0 heterocycles. The molecule has 0 aliphatic heterocycles. The van der Waals surface area contributed by atoms with Gasteiger partial charge in [-0.25, -0.2) is 0 Å². The Bertz CT molecular complexity index is 305. The molecule has 2 atom stereocenters. The van der Waals surface area contributed by atoms with Crippen LogP contribution in [0.15, 0.2) is 0 Å². The van der Waals surface area contributed by atoms with Crippen molar-refractivity contribution in [1.82, 2.24) is 10.2 Å². The highest BCUT2D eigenvalue weighted by atomic mass is 16.1. The average molecular weight is 300 g/mol. The Labute approximate surface area is 131 Å². The SMILES string of the molecule is CC(C)CN(CC(C)C)C(C)CC(C)(NC(C)C)C(N)=O. The molecule has 0 aromatic rings. The molecule has 0 aliphatic rings. The molecule has 0 radical (unpaired) electrons. The van der Waals surface area contributed by atoms with Gasteiger partial charge in [-0.2, -0.15) is 0 Å². The van der Waals surface area contributed by atoms with Gasteiger partial charge in [-0.1, -0.05) is 27.7 Å². The molecule has 0 spiro atoms. The Kier molecular flexibility index (Phi) is 8.49. The van der Waals surface area contributed by atoms with Crippen LogP contribution >= 0.6 is 0 Å². The number of nitrogens with zero attached hydrogens (tertiary/aromatic N) is 1. The first-order valence-electron chi connectivity index (χ1n) is 8.29. The molecule has 0 aromatic heterocycles. The van der Waals surface area contributed by atoms with E-state index >= 15 is 0 Å². The van der Waals surface area contributed by atoms with Gasteiger partial charge >= 0.3 is 0 Å². The van der Waals surface area contributed by atoms with Crippen LogP contribution in [0.3, 0.4) is 0 Å². The predicted molar refractivity (Wildman–Crippen MR) is 91.2 cm³/mol. The van der Waals surface area contributed by atoms with Crippen LogP contribution in [0.2, 0.25) is 0 Å². The molecule has 4 heteroatoms. The van der Waals surface area contributed by atoms with E-state index in [4.69, 9.17) is 5.73 Å². The van der Waals surface area contributed by atoms with Crippen LogP contribution in [0.5, 0.6) is 0 Å². The quantitative estimate of drug-likeness (QED) is 0.652. The Balaban J connectivity index is 4.97. The Hall–Kier alpha value is -0.610. The molecule has 2 unspecified atom stereocenters. The van der Waals surface area contributed by atoms with Gasteiger partial charge in [0.2, 0.25) is 5.91 Å². The summed E-state index contributed by atoms with van der Waals surface area (Å²) in [6.45, 7) is 19.3. The lowest BCUT2D eigenvalue weighted by Gasteiger charge is -2.38. The minimum atomic E-state index is -0.653. The summed E-state index contributed by atoms with van der Waals surface area (Å²) in [5.74, 6) is 0.963. The van der Waals surface area contributed by atoms with Crippen LogP contribution in [0.25, 0.3) is 0 Å². The molecule has 3 N–H and O–H groups in total. The standard InChI is InChI=1S/C17H37N3O/c1-12(2)10-20(11-13(3)4)15(7)9-17(8,16(18)21)19-14(5)6/h12-15,19H,9-11H2,1-8H3,(H2,18,21). The van der Waals surface area contributed by atoms with Gasteiger partial charge in [0, 0.05) is 25.2 Å². The van der Waals surface area contributed by atoms with Gasteiger partial charge < -0.3 is 16.0 Å². The lowest BCUT2D eigenvalue weighted by atomic mass is 9.90. The van der Waals surface area contributed by atoms with Crippen molar-refractivity contribution >= 4 is 5.91 Å². The number of primary amides is 1.